The molecule has 0 saturated carbocycles. The number of aromatic nitrogens is 1. The van der Waals surface area contributed by atoms with Crippen LogP contribution < -0.4 is 0 Å². The third-order valence-electron chi connectivity index (χ3n) is 6.23. The molecule has 2 aromatic rings. The summed E-state index contributed by atoms with van der Waals surface area (Å²) >= 11 is 0. The van der Waals surface area contributed by atoms with Crippen molar-refractivity contribution in [3.05, 3.63) is 72.1 Å². The van der Waals surface area contributed by atoms with E-state index in [1.165, 1.54) is 7.11 Å². The zero-order valence-electron chi connectivity index (χ0n) is 17.4. The molecule has 2 aliphatic heterocycles. The second-order valence-corrected chi connectivity index (χ2v) is 8.05. The zero-order valence-corrected chi connectivity index (χ0v) is 17.4. The average Bonchev–Trinajstić information content (AvgIpc) is 3.19. The smallest absolute Gasteiger partial charge is 0.323 e. The quantitative estimate of drug-likeness (QED) is 0.716. The largest absolute Gasteiger partial charge is 0.468 e. The van der Waals surface area contributed by atoms with Crippen molar-refractivity contribution >= 4 is 17.4 Å². The van der Waals surface area contributed by atoms with E-state index in [0.29, 0.717) is 19.4 Å². The monoisotopic (exact) mass is 405 g/mol. The summed E-state index contributed by atoms with van der Waals surface area (Å²) in [7, 11) is 3.30. The molecule has 2 aliphatic rings. The fourth-order valence-electron chi connectivity index (χ4n) is 4.61. The van der Waals surface area contributed by atoms with Crippen molar-refractivity contribution in [3.8, 4) is 0 Å². The van der Waals surface area contributed by atoms with Gasteiger partial charge in [-0.1, -0.05) is 36.4 Å². The second kappa shape index (κ2) is 8.79. The normalized spacial score (nSPS) is 24.6. The lowest BCUT2D eigenvalue weighted by Gasteiger charge is -2.35. The Morgan fingerprint density at radius 1 is 1.17 bits per heavy atom. The summed E-state index contributed by atoms with van der Waals surface area (Å²) < 4.78 is 5.09. The van der Waals surface area contributed by atoms with Crippen LogP contribution in [0.15, 0.2) is 60.9 Å². The maximum absolute atomic E-state index is 12.8. The number of hydrogen-bond acceptors (Lipinski definition) is 5. The van der Waals surface area contributed by atoms with Gasteiger partial charge in [0.2, 0.25) is 5.91 Å². The van der Waals surface area contributed by atoms with Crippen molar-refractivity contribution in [2.24, 2.45) is 5.92 Å². The molecule has 0 aliphatic carbocycles. The first-order chi connectivity index (χ1) is 14.6. The van der Waals surface area contributed by atoms with Crippen molar-refractivity contribution in [1.82, 2.24) is 14.8 Å². The molecule has 3 unspecified atom stereocenters. The van der Waals surface area contributed by atoms with Gasteiger partial charge in [0.05, 0.1) is 19.6 Å². The topological polar surface area (TPSA) is 62.7 Å². The first kappa shape index (κ1) is 20.3. The van der Waals surface area contributed by atoms with E-state index in [-0.39, 0.29) is 29.9 Å². The van der Waals surface area contributed by atoms with Gasteiger partial charge in [0, 0.05) is 32.5 Å². The molecule has 0 radical (unpaired) electrons. The van der Waals surface area contributed by atoms with Crippen LogP contribution in [0.2, 0.25) is 0 Å². The Labute approximate surface area is 177 Å². The molecule has 30 heavy (non-hydrogen) atoms. The van der Waals surface area contributed by atoms with Crippen molar-refractivity contribution < 1.29 is 14.3 Å². The molecule has 4 rings (SSSR count). The van der Waals surface area contributed by atoms with Crippen LogP contribution in [0.1, 0.15) is 24.0 Å². The highest BCUT2D eigenvalue weighted by Gasteiger charge is 2.43. The molecule has 1 aromatic heterocycles. The lowest BCUT2D eigenvalue weighted by Crippen LogP contribution is -2.44. The van der Waals surface area contributed by atoms with Crippen LogP contribution in [0.5, 0.6) is 0 Å². The van der Waals surface area contributed by atoms with Crippen LogP contribution in [-0.2, 0) is 20.9 Å². The van der Waals surface area contributed by atoms with E-state index in [9.17, 15) is 9.59 Å². The van der Waals surface area contributed by atoms with Gasteiger partial charge in [-0.2, -0.15) is 0 Å². The SMILES string of the molecule is COC(=O)C1CC(C2C=C(c3ccncc3)CC(=O)N2C)CN1Cc1ccccc1. The number of ether oxygens (including phenoxy) is 1. The standard InChI is InChI=1S/C24H27N3O3/c1-26-21(12-19(14-23(26)28)18-8-10-25-11-9-18)20-13-22(24(29)30-2)27(16-20)15-17-6-4-3-5-7-17/h3-12,20-22H,13-16H2,1-2H3. The predicted octanol–water partition coefficient (Wildman–Crippen LogP) is 2.76. The van der Waals surface area contributed by atoms with E-state index in [2.05, 4.69) is 28.1 Å². The molecule has 6 heteroatoms. The van der Waals surface area contributed by atoms with Crippen molar-refractivity contribution in [1.29, 1.82) is 0 Å². The number of likely N-dealkylation sites (tertiary alicyclic amines) is 1. The van der Waals surface area contributed by atoms with Crippen molar-refractivity contribution in [2.75, 3.05) is 20.7 Å². The summed E-state index contributed by atoms with van der Waals surface area (Å²) in [6.07, 6.45) is 6.75. The molecule has 1 saturated heterocycles. The number of pyridine rings is 1. The molecule has 6 nitrogen and oxygen atoms in total. The van der Waals surface area contributed by atoms with E-state index < -0.39 is 0 Å². The number of nitrogens with zero attached hydrogens (tertiary/aromatic N) is 3. The molecule has 0 bridgehead atoms. The van der Waals surface area contributed by atoms with E-state index in [0.717, 1.165) is 23.2 Å². The zero-order chi connectivity index (χ0) is 21.1. The molecule has 156 valence electrons. The number of methoxy groups -OCH3 is 1. The molecule has 1 aromatic carbocycles. The van der Waals surface area contributed by atoms with Crippen LogP contribution in [0.4, 0.5) is 0 Å². The minimum Gasteiger partial charge on any atom is -0.468 e. The third-order valence-corrected chi connectivity index (χ3v) is 6.23. The number of amides is 1. The number of carbonyl (C=O) groups excluding carboxylic acids is 2. The van der Waals surface area contributed by atoms with E-state index in [1.807, 2.05) is 42.3 Å². The summed E-state index contributed by atoms with van der Waals surface area (Å²) in [4.78, 5) is 33.3. The summed E-state index contributed by atoms with van der Waals surface area (Å²) in [6, 6.07) is 13.7. The number of likely N-dealkylation sites (N-methyl/N-ethyl adjacent to an activating group) is 1. The van der Waals surface area contributed by atoms with Gasteiger partial charge in [-0.25, -0.2) is 0 Å². The fraction of sp³-hybridized carbons (Fsp3) is 0.375. The third kappa shape index (κ3) is 4.14. The number of benzene rings is 1. The Bertz CT molecular complexity index is 929. The number of esters is 1. The van der Waals surface area contributed by atoms with Crippen molar-refractivity contribution in [3.63, 3.8) is 0 Å². The Morgan fingerprint density at radius 2 is 1.90 bits per heavy atom. The molecule has 0 spiro atoms. The van der Waals surface area contributed by atoms with E-state index in [4.69, 9.17) is 4.74 Å². The molecular formula is C24H27N3O3. The van der Waals surface area contributed by atoms with Crippen LogP contribution in [-0.4, -0.2) is 59.4 Å². The number of carbonyl (C=O) groups is 2. The maximum Gasteiger partial charge on any atom is 0.323 e. The summed E-state index contributed by atoms with van der Waals surface area (Å²) in [5, 5.41) is 0. The Balaban J connectivity index is 1.60. The predicted molar refractivity (Wildman–Crippen MR) is 114 cm³/mol. The molecule has 1 amide bonds. The van der Waals surface area contributed by atoms with Crippen LogP contribution in [0, 0.1) is 5.92 Å². The average molecular weight is 405 g/mol. The van der Waals surface area contributed by atoms with Crippen LogP contribution in [0.3, 0.4) is 0 Å². The lowest BCUT2D eigenvalue weighted by molar-refractivity contribution is -0.146. The number of rotatable bonds is 5. The summed E-state index contributed by atoms with van der Waals surface area (Å²) in [5.41, 5.74) is 3.22. The first-order valence-corrected chi connectivity index (χ1v) is 10.3. The first-order valence-electron chi connectivity index (χ1n) is 10.3. The van der Waals surface area contributed by atoms with E-state index >= 15 is 0 Å². The van der Waals surface area contributed by atoms with Crippen molar-refractivity contribution in [2.45, 2.75) is 31.5 Å². The van der Waals surface area contributed by atoms with Gasteiger partial charge in [0.25, 0.3) is 0 Å². The number of hydrogen-bond donors (Lipinski definition) is 0. The van der Waals surface area contributed by atoms with Gasteiger partial charge in [0.15, 0.2) is 0 Å². The Morgan fingerprint density at radius 3 is 2.60 bits per heavy atom. The molecule has 1 fully saturated rings. The minimum atomic E-state index is -0.302. The van der Waals surface area contributed by atoms with Gasteiger partial charge in [-0.15, -0.1) is 0 Å². The van der Waals surface area contributed by atoms with Crippen LogP contribution in [0.25, 0.3) is 5.57 Å². The highest BCUT2D eigenvalue weighted by atomic mass is 16.5. The molecular weight excluding hydrogens is 378 g/mol. The Hall–Kier alpha value is -2.99. The van der Waals surface area contributed by atoms with Gasteiger partial charge in [-0.3, -0.25) is 19.5 Å². The van der Waals surface area contributed by atoms with Gasteiger partial charge in [0.1, 0.15) is 6.04 Å². The maximum atomic E-state index is 12.8. The second-order valence-electron chi connectivity index (χ2n) is 8.05. The lowest BCUT2D eigenvalue weighted by atomic mass is 9.88. The van der Waals surface area contributed by atoms with Gasteiger partial charge < -0.3 is 9.64 Å². The van der Waals surface area contributed by atoms with Crippen LogP contribution >= 0.6 is 0 Å². The van der Waals surface area contributed by atoms with Gasteiger partial charge in [-0.05, 0) is 41.2 Å². The summed E-state index contributed by atoms with van der Waals surface area (Å²) in [5.74, 6) is 0.0471. The molecule has 3 heterocycles. The Kier molecular flexibility index (Phi) is 5.95. The fourth-order valence-corrected chi connectivity index (χ4v) is 4.61. The van der Waals surface area contributed by atoms with Gasteiger partial charge >= 0.3 is 5.97 Å². The molecule has 0 N–H and O–H groups in total. The molecule has 3 atom stereocenters. The minimum absolute atomic E-state index is 0.0534. The van der Waals surface area contributed by atoms with E-state index in [1.54, 1.807) is 12.4 Å². The highest BCUT2D eigenvalue weighted by molar-refractivity contribution is 5.91. The highest BCUT2D eigenvalue weighted by Crippen LogP contribution is 2.35. The summed E-state index contributed by atoms with van der Waals surface area (Å²) in [6.45, 7) is 1.42.